The molecule has 0 amide bonds. The molecule has 5 nitrogen and oxygen atoms in total. The number of nitrogens with zero attached hydrogens (tertiary/aromatic N) is 2. The lowest BCUT2D eigenvalue weighted by Gasteiger charge is -2.07. The number of pyridine rings is 1. The van der Waals surface area contributed by atoms with Crippen LogP contribution in [0.5, 0.6) is 0 Å². The third kappa shape index (κ3) is 5.75. The summed E-state index contributed by atoms with van der Waals surface area (Å²) in [5.74, 6) is -1.03. The van der Waals surface area contributed by atoms with E-state index < -0.39 is 24.2 Å². The van der Waals surface area contributed by atoms with E-state index >= 15 is 0 Å². The molecule has 7 heteroatoms. The number of hydrogen-bond donors (Lipinski definition) is 0. The Hall–Kier alpha value is -3.50. The molecule has 0 N–H and O–H groups in total. The molecule has 0 aliphatic rings. The van der Waals surface area contributed by atoms with Crippen LogP contribution < -0.4 is 0 Å². The molecule has 3 aromatic rings. The van der Waals surface area contributed by atoms with Gasteiger partial charge in [-0.3, -0.25) is 9.59 Å². The van der Waals surface area contributed by atoms with Gasteiger partial charge in [-0.05, 0) is 36.4 Å². The first-order valence-electron chi connectivity index (χ1n) is 9.10. The Morgan fingerprint density at radius 3 is 2.47 bits per heavy atom. The van der Waals surface area contributed by atoms with Crippen molar-refractivity contribution in [2.75, 3.05) is 12.4 Å². The van der Waals surface area contributed by atoms with Crippen molar-refractivity contribution in [2.45, 2.75) is 11.4 Å². The van der Waals surface area contributed by atoms with Crippen molar-refractivity contribution in [1.82, 2.24) is 4.98 Å². The Kier molecular flexibility index (Phi) is 7.30. The van der Waals surface area contributed by atoms with Gasteiger partial charge in [0.2, 0.25) is 0 Å². The molecule has 1 aromatic heterocycles. The second-order valence-electron chi connectivity index (χ2n) is 6.22. The molecule has 0 spiro atoms. The zero-order valence-electron chi connectivity index (χ0n) is 15.9. The average Bonchev–Trinajstić information content (AvgIpc) is 2.78. The zero-order chi connectivity index (χ0) is 21.3. The number of hydrogen-bond acceptors (Lipinski definition) is 6. The van der Waals surface area contributed by atoms with Crippen LogP contribution in [0.15, 0.2) is 71.8 Å². The van der Waals surface area contributed by atoms with Crippen molar-refractivity contribution in [3.05, 3.63) is 83.7 Å². The minimum atomic E-state index is -0.532. The van der Waals surface area contributed by atoms with Gasteiger partial charge in [0.25, 0.3) is 0 Å². The highest BCUT2D eigenvalue weighted by atomic mass is 32.2. The third-order valence-electron chi connectivity index (χ3n) is 4.13. The van der Waals surface area contributed by atoms with Crippen LogP contribution in [0.1, 0.15) is 22.3 Å². The van der Waals surface area contributed by atoms with Crippen LogP contribution >= 0.6 is 11.8 Å². The Bertz CT molecular complexity index is 1080. The van der Waals surface area contributed by atoms with E-state index in [1.54, 1.807) is 12.1 Å². The maximum atomic E-state index is 12.9. The summed E-state index contributed by atoms with van der Waals surface area (Å²) in [5, 5.41) is 9.84. The number of esters is 1. The topological polar surface area (TPSA) is 80.1 Å². The molecule has 150 valence electrons. The van der Waals surface area contributed by atoms with Crippen LogP contribution in [0, 0.1) is 17.1 Å². The van der Waals surface area contributed by atoms with Crippen LogP contribution in [-0.4, -0.2) is 29.1 Å². The van der Waals surface area contributed by atoms with Crippen molar-refractivity contribution in [1.29, 1.82) is 5.26 Å². The van der Waals surface area contributed by atoms with E-state index in [1.165, 1.54) is 36.0 Å². The molecule has 30 heavy (non-hydrogen) atoms. The molecule has 0 radical (unpaired) electrons. The van der Waals surface area contributed by atoms with Gasteiger partial charge >= 0.3 is 5.97 Å². The number of rotatable bonds is 8. The van der Waals surface area contributed by atoms with Crippen LogP contribution in [0.25, 0.3) is 11.3 Å². The molecule has 0 bridgehead atoms. The Balaban J connectivity index is 1.53. The highest BCUT2D eigenvalue weighted by Gasteiger charge is 2.12. The molecule has 0 fully saturated rings. The summed E-state index contributed by atoms with van der Waals surface area (Å²) >= 11 is 1.28. The summed E-state index contributed by atoms with van der Waals surface area (Å²) in [4.78, 5) is 28.4. The standard InChI is InChI=1S/C23H17FN2O3S/c24-19-9-6-17(7-10-19)21(27)15-29-22(28)12-13-30-23-18(14-25)8-11-20(26-23)16-4-2-1-3-5-16/h1-11H,12-13,15H2. The van der Waals surface area contributed by atoms with Crippen LogP contribution in [-0.2, 0) is 9.53 Å². The van der Waals surface area contributed by atoms with E-state index in [2.05, 4.69) is 11.1 Å². The number of nitriles is 1. The van der Waals surface area contributed by atoms with E-state index in [9.17, 15) is 19.2 Å². The van der Waals surface area contributed by atoms with Crippen molar-refractivity contribution < 1.29 is 18.7 Å². The molecule has 3 rings (SSSR count). The van der Waals surface area contributed by atoms with Gasteiger partial charge in [-0.2, -0.15) is 5.26 Å². The minimum Gasteiger partial charge on any atom is -0.457 e. The maximum Gasteiger partial charge on any atom is 0.307 e. The lowest BCUT2D eigenvalue weighted by Crippen LogP contribution is -2.14. The smallest absolute Gasteiger partial charge is 0.307 e. The van der Waals surface area contributed by atoms with E-state index in [0.717, 1.165) is 11.3 Å². The molecule has 0 aliphatic carbocycles. The van der Waals surface area contributed by atoms with E-state index in [1.807, 2.05) is 30.3 Å². The largest absolute Gasteiger partial charge is 0.457 e. The van der Waals surface area contributed by atoms with E-state index in [0.29, 0.717) is 16.3 Å². The van der Waals surface area contributed by atoms with Gasteiger partial charge in [0.05, 0.1) is 17.7 Å². The summed E-state index contributed by atoms with van der Waals surface area (Å²) in [6.07, 6.45) is 0.0590. The second-order valence-corrected chi connectivity index (χ2v) is 7.30. The highest BCUT2D eigenvalue weighted by molar-refractivity contribution is 7.99. The number of aromatic nitrogens is 1. The first-order chi connectivity index (χ1) is 14.6. The summed E-state index contributed by atoms with van der Waals surface area (Å²) in [6, 6.07) is 20.2. The average molecular weight is 420 g/mol. The van der Waals surface area contributed by atoms with Gasteiger partial charge in [0, 0.05) is 16.9 Å². The molecular weight excluding hydrogens is 403 g/mol. The van der Waals surface area contributed by atoms with Gasteiger partial charge in [-0.1, -0.05) is 30.3 Å². The van der Waals surface area contributed by atoms with Crippen molar-refractivity contribution >= 4 is 23.5 Å². The fourth-order valence-corrected chi connectivity index (χ4v) is 3.47. The predicted molar refractivity (Wildman–Crippen MR) is 111 cm³/mol. The lowest BCUT2D eigenvalue weighted by atomic mass is 10.1. The summed E-state index contributed by atoms with van der Waals surface area (Å²) in [7, 11) is 0. The first-order valence-corrected chi connectivity index (χ1v) is 10.1. The number of carbonyl (C=O) groups is 2. The van der Waals surface area contributed by atoms with Gasteiger partial charge < -0.3 is 4.74 Å². The second kappa shape index (κ2) is 10.3. The zero-order valence-corrected chi connectivity index (χ0v) is 16.7. The van der Waals surface area contributed by atoms with Gasteiger partial charge in [-0.15, -0.1) is 11.8 Å². The quantitative estimate of drug-likeness (QED) is 0.299. The molecule has 1 heterocycles. The Morgan fingerprint density at radius 2 is 1.77 bits per heavy atom. The van der Waals surface area contributed by atoms with Gasteiger partial charge in [0.15, 0.2) is 12.4 Å². The molecule has 0 saturated carbocycles. The molecule has 0 saturated heterocycles. The first kappa shape index (κ1) is 21.2. The number of Topliss-reactive ketones (excluding diaryl/α,β-unsaturated/α-hetero) is 1. The molecule has 2 aromatic carbocycles. The van der Waals surface area contributed by atoms with E-state index in [-0.39, 0.29) is 12.0 Å². The van der Waals surface area contributed by atoms with Crippen molar-refractivity contribution in [3.8, 4) is 17.3 Å². The van der Waals surface area contributed by atoms with Crippen molar-refractivity contribution in [3.63, 3.8) is 0 Å². The number of thioether (sulfide) groups is 1. The molecular formula is C23H17FN2O3S. The van der Waals surface area contributed by atoms with Gasteiger partial charge in [-0.25, -0.2) is 9.37 Å². The van der Waals surface area contributed by atoms with Crippen LogP contribution in [0.2, 0.25) is 0 Å². The molecule has 0 unspecified atom stereocenters. The molecule has 0 aliphatic heterocycles. The Morgan fingerprint density at radius 1 is 1.03 bits per heavy atom. The minimum absolute atomic E-state index is 0.0590. The summed E-state index contributed by atoms with van der Waals surface area (Å²) < 4.78 is 17.9. The lowest BCUT2D eigenvalue weighted by molar-refractivity contribution is -0.141. The number of carbonyl (C=O) groups excluding carboxylic acids is 2. The number of halogens is 1. The number of benzene rings is 2. The number of ether oxygens (including phenoxy) is 1. The molecule has 0 atom stereocenters. The third-order valence-corrected chi connectivity index (χ3v) is 5.12. The SMILES string of the molecule is N#Cc1ccc(-c2ccccc2)nc1SCCC(=O)OCC(=O)c1ccc(F)cc1. The normalized spacial score (nSPS) is 10.3. The Labute approximate surface area is 177 Å². The summed E-state index contributed by atoms with van der Waals surface area (Å²) in [5.41, 5.74) is 2.38. The predicted octanol–water partition coefficient (Wildman–Crippen LogP) is 4.67. The van der Waals surface area contributed by atoms with Crippen LogP contribution in [0.3, 0.4) is 0 Å². The van der Waals surface area contributed by atoms with Crippen LogP contribution in [0.4, 0.5) is 4.39 Å². The highest BCUT2D eigenvalue weighted by Crippen LogP contribution is 2.25. The van der Waals surface area contributed by atoms with E-state index in [4.69, 9.17) is 4.74 Å². The fraction of sp³-hybridized carbons (Fsp3) is 0.130. The monoisotopic (exact) mass is 420 g/mol. The van der Waals surface area contributed by atoms with Crippen molar-refractivity contribution in [2.24, 2.45) is 0 Å². The summed E-state index contributed by atoms with van der Waals surface area (Å²) in [6.45, 7) is -0.402. The fourth-order valence-electron chi connectivity index (χ4n) is 2.57. The van der Waals surface area contributed by atoms with Gasteiger partial charge in [0.1, 0.15) is 16.9 Å². The maximum absolute atomic E-state index is 12.9. The number of ketones is 1.